The van der Waals surface area contributed by atoms with Crippen LogP contribution in [0.5, 0.6) is 0 Å². The van der Waals surface area contributed by atoms with Crippen molar-refractivity contribution < 1.29 is 13.7 Å². The van der Waals surface area contributed by atoms with Gasteiger partial charge in [-0.3, -0.25) is 0 Å². The SMILES string of the molecule is C/C=C(\C)C(=O)OCC=S=O. The molecular weight excluding hydrogens is 164 g/mol. The van der Waals surface area contributed by atoms with Crippen LogP contribution >= 0.6 is 0 Å². The van der Waals surface area contributed by atoms with E-state index in [1.165, 1.54) is 5.37 Å². The van der Waals surface area contributed by atoms with Crippen LogP contribution in [0.4, 0.5) is 0 Å². The fraction of sp³-hybridized carbons (Fsp3) is 0.429. The lowest BCUT2D eigenvalue weighted by atomic mass is 10.3. The van der Waals surface area contributed by atoms with E-state index in [2.05, 4.69) is 4.74 Å². The zero-order valence-electron chi connectivity index (χ0n) is 6.49. The molecule has 0 aliphatic rings. The number of carbonyl (C=O) groups excluding carboxylic acids is 1. The maximum absolute atomic E-state index is 10.8. The van der Waals surface area contributed by atoms with Crippen molar-refractivity contribution >= 4 is 22.6 Å². The first-order valence-corrected chi connectivity index (χ1v) is 3.93. The van der Waals surface area contributed by atoms with Gasteiger partial charge in [0.15, 0.2) is 0 Å². The van der Waals surface area contributed by atoms with Gasteiger partial charge in [0.2, 0.25) is 0 Å². The Morgan fingerprint density at radius 2 is 2.27 bits per heavy atom. The van der Waals surface area contributed by atoms with Gasteiger partial charge in [-0.1, -0.05) is 6.08 Å². The number of rotatable bonds is 3. The Kier molecular flexibility index (Phi) is 5.37. The van der Waals surface area contributed by atoms with Crippen molar-refractivity contribution in [1.29, 1.82) is 0 Å². The lowest BCUT2D eigenvalue weighted by Crippen LogP contribution is -2.07. The van der Waals surface area contributed by atoms with Crippen LogP contribution in [-0.2, 0) is 20.8 Å². The molecule has 0 spiro atoms. The number of allylic oxidation sites excluding steroid dienone is 1. The number of hydrogen-bond donors (Lipinski definition) is 0. The minimum Gasteiger partial charge on any atom is -0.457 e. The molecule has 0 saturated carbocycles. The molecule has 3 nitrogen and oxygen atoms in total. The van der Waals surface area contributed by atoms with Crippen LogP contribution in [-0.4, -0.2) is 22.2 Å². The first kappa shape index (κ1) is 10.1. The maximum Gasteiger partial charge on any atom is 0.333 e. The average Bonchev–Trinajstić information content (AvgIpc) is 2.03. The summed E-state index contributed by atoms with van der Waals surface area (Å²) in [7, 11) is 0. The molecule has 0 saturated heterocycles. The van der Waals surface area contributed by atoms with E-state index in [-0.39, 0.29) is 12.6 Å². The highest BCUT2D eigenvalue weighted by atomic mass is 32.1. The van der Waals surface area contributed by atoms with Crippen molar-refractivity contribution in [1.82, 2.24) is 0 Å². The highest BCUT2D eigenvalue weighted by Gasteiger charge is 2.01. The van der Waals surface area contributed by atoms with E-state index in [4.69, 9.17) is 0 Å². The normalized spacial score (nSPS) is 10.5. The molecule has 0 aliphatic carbocycles. The molecule has 0 aromatic carbocycles. The predicted molar refractivity (Wildman–Crippen MR) is 44.6 cm³/mol. The molecule has 0 rings (SSSR count). The topological polar surface area (TPSA) is 43.4 Å². The summed E-state index contributed by atoms with van der Waals surface area (Å²) in [5, 5.41) is 1.28. The monoisotopic (exact) mass is 174 g/mol. The summed E-state index contributed by atoms with van der Waals surface area (Å²) in [4.78, 5) is 10.8. The molecule has 0 radical (unpaired) electrons. The van der Waals surface area contributed by atoms with Crippen molar-refractivity contribution in [2.24, 2.45) is 0 Å². The molecule has 11 heavy (non-hydrogen) atoms. The van der Waals surface area contributed by atoms with Crippen molar-refractivity contribution in [3.8, 4) is 0 Å². The minimum absolute atomic E-state index is 0.0676. The Bertz CT molecular complexity index is 214. The molecule has 0 aromatic rings. The van der Waals surface area contributed by atoms with Gasteiger partial charge in [-0.05, 0) is 13.8 Å². The molecule has 0 bridgehead atoms. The summed E-state index contributed by atoms with van der Waals surface area (Å²) < 4.78 is 14.5. The van der Waals surface area contributed by atoms with E-state index in [0.29, 0.717) is 16.8 Å². The molecule has 4 heteroatoms. The third kappa shape index (κ3) is 4.50. The van der Waals surface area contributed by atoms with Crippen LogP contribution in [0.1, 0.15) is 13.8 Å². The first-order valence-electron chi connectivity index (χ1n) is 3.12. The van der Waals surface area contributed by atoms with Crippen LogP contribution in [0.3, 0.4) is 0 Å². The second-order valence-corrected chi connectivity index (χ2v) is 2.36. The number of carbonyl (C=O) groups is 1. The summed E-state index contributed by atoms with van der Waals surface area (Å²) in [5.41, 5.74) is 0.550. The number of esters is 1. The zero-order valence-corrected chi connectivity index (χ0v) is 7.31. The summed E-state index contributed by atoms with van der Waals surface area (Å²) in [6, 6.07) is 0. The van der Waals surface area contributed by atoms with Crippen LogP contribution in [0, 0.1) is 0 Å². The Labute approximate surface area is 69.1 Å². The molecule has 0 amide bonds. The standard InChI is InChI=1S/C7H10O3S/c1-3-6(2)7(8)10-4-5-11-9/h3,5H,4H2,1-2H3/b6-3+. The van der Waals surface area contributed by atoms with E-state index in [1.54, 1.807) is 19.9 Å². The van der Waals surface area contributed by atoms with Gasteiger partial charge in [0.1, 0.15) is 6.61 Å². The fourth-order valence-corrected chi connectivity index (χ4v) is 0.493. The summed E-state index contributed by atoms with van der Waals surface area (Å²) in [6.45, 7) is 3.48. The molecule has 0 fully saturated rings. The van der Waals surface area contributed by atoms with Gasteiger partial charge in [-0.25, -0.2) is 9.00 Å². The summed E-state index contributed by atoms with van der Waals surface area (Å²) >= 11 is 0.291. The van der Waals surface area contributed by atoms with Crippen LogP contribution in [0.2, 0.25) is 0 Å². The summed E-state index contributed by atoms with van der Waals surface area (Å²) in [6.07, 6.45) is 1.66. The second-order valence-electron chi connectivity index (χ2n) is 1.83. The lowest BCUT2D eigenvalue weighted by molar-refractivity contribution is -0.137. The molecule has 0 atom stereocenters. The molecule has 62 valence electrons. The van der Waals surface area contributed by atoms with Gasteiger partial charge < -0.3 is 4.74 Å². The Hall–Kier alpha value is -0.900. The third-order valence-electron chi connectivity index (χ3n) is 1.11. The molecule has 0 aliphatic heterocycles. The van der Waals surface area contributed by atoms with Crippen LogP contribution in [0.25, 0.3) is 0 Å². The van der Waals surface area contributed by atoms with Crippen molar-refractivity contribution in [2.45, 2.75) is 13.8 Å². The molecule has 0 N–H and O–H groups in total. The van der Waals surface area contributed by atoms with Crippen molar-refractivity contribution in [3.63, 3.8) is 0 Å². The van der Waals surface area contributed by atoms with E-state index in [1.807, 2.05) is 0 Å². The zero-order chi connectivity index (χ0) is 8.69. The minimum atomic E-state index is -0.377. The molecule has 0 aromatic heterocycles. The molecular formula is C7H10O3S. The van der Waals surface area contributed by atoms with Crippen LogP contribution in [0.15, 0.2) is 11.6 Å². The summed E-state index contributed by atoms with van der Waals surface area (Å²) in [5.74, 6) is -0.377. The maximum atomic E-state index is 10.8. The van der Waals surface area contributed by atoms with Gasteiger partial charge in [-0.15, -0.1) is 0 Å². The van der Waals surface area contributed by atoms with Gasteiger partial charge in [0.25, 0.3) is 0 Å². The van der Waals surface area contributed by atoms with E-state index in [9.17, 15) is 9.00 Å². The highest BCUT2D eigenvalue weighted by Crippen LogP contribution is 1.94. The van der Waals surface area contributed by atoms with Gasteiger partial charge in [0, 0.05) is 10.9 Å². The van der Waals surface area contributed by atoms with Crippen LogP contribution < -0.4 is 0 Å². The lowest BCUT2D eigenvalue weighted by Gasteiger charge is -1.98. The Morgan fingerprint density at radius 3 is 2.73 bits per heavy atom. The smallest absolute Gasteiger partial charge is 0.333 e. The second kappa shape index (κ2) is 5.85. The van der Waals surface area contributed by atoms with Crippen molar-refractivity contribution in [2.75, 3.05) is 6.61 Å². The van der Waals surface area contributed by atoms with Crippen molar-refractivity contribution in [3.05, 3.63) is 11.6 Å². The molecule has 0 heterocycles. The van der Waals surface area contributed by atoms with E-state index >= 15 is 0 Å². The Morgan fingerprint density at radius 1 is 1.64 bits per heavy atom. The third-order valence-corrected chi connectivity index (χ3v) is 1.38. The van der Waals surface area contributed by atoms with Gasteiger partial charge in [0.05, 0.1) is 11.3 Å². The van der Waals surface area contributed by atoms with Gasteiger partial charge in [-0.2, -0.15) is 0 Å². The van der Waals surface area contributed by atoms with E-state index in [0.717, 1.165) is 0 Å². The van der Waals surface area contributed by atoms with Gasteiger partial charge >= 0.3 is 5.97 Å². The first-order chi connectivity index (χ1) is 5.22. The Balaban J connectivity index is 3.79. The highest BCUT2D eigenvalue weighted by molar-refractivity contribution is 7.64. The fourth-order valence-electron chi connectivity index (χ4n) is 0.369. The number of hydrogen-bond acceptors (Lipinski definition) is 3. The number of ether oxygens (including phenoxy) is 1. The molecule has 0 unspecified atom stereocenters. The predicted octanol–water partition coefficient (Wildman–Crippen LogP) is 0.511. The largest absolute Gasteiger partial charge is 0.457 e. The average molecular weight is 174 g/mol. The van der Waals surface area contributed by atoms with E-state index < -0.39 is 0 Å². The quantitative estimate of drug-likeness (QED) is 0.356.